The maximum atomic E-state index is 5.29. The van der Waals surface area contributed by atoms with E-state index >= 15 is 0 Å². The van der Waals surface area contributed by atoms with Crippen LogP contribution in [0.4, 0.5) is 0 Å². The van der Waals surface area contributed by atoms with Crippen LogP contribution in [0, 0.1) is 11.8 Å². The Hall–Kier alpha value is -0.520. The van der Waals surface area contributed by atoms with Crippen molar-refractivity contribution < 1.29 is 9.47 Å². The lowest BCUT2D eigenvalue weighted by molar-refractivity contribution is 0.0250. The summed E-state index contributed by atoms with van der Waals surface area (Å²) in [6.45, 7) is 5.13. The molecule has 0 bridgehead atoms. The van der Waals surface area contributed by atoms with Crippen LogP contribution in [0.1, 0.15) is 20.3 Å². The summed E-state index contributed by atoms with van der Waals surface area (Å²) in [6.07, 6.45) is 1.04. The standard InChI is InChI=1S/C9H16O2/c1-4-5-6-7-11-9(2)8-10-3/h9H,4,7-8H2,1-3H3. The van der Waals surface area contributed by atoms with Gasteiger partial charge in [0.2, 0.25) is 0 Å². The van der Waals surface area contributed by atoms with Gasteiger partial charge in [0.1, 0.15) is 6.61 Å². The van der Waals surface area contributed by atoms with Crippen LogP contribution in [0.3, 0.4) is 0 Å². The summed E-state index contributed by atoms with van der Waals surface area (Å²) < 4.78 is 10.2. The Kier molecular flexibility index (Phi) is 7.23. The van der Waals surface area contributed by atoms with Crippen LogP contribution in [-0.2, 0) is 9.47 Å². The largest absolute Gasteiger partial charge is 0.382 e. The van der Waals surface area contributed by atoms with Crippen LogP contribution < -0.4 is 0 Å². The van der Waals surface area contributed by atoms with Gasteiger partial charge in [0.05, 0.1) is 12.7 Å². The van der Waals surface area contributed by atoms with Gasteiger partial charge in [-0.3, -0.25) is 0 Å². The minimum absolute atomic E-state index is 0.145. The molecule has 1 unspecified atom stereocenters. The number of hydrogen-bond acceptors (Lipinski definition) is 2. The Morgan fingerprint density at radius 2 is 2.09 bits per heavy atom. The Balaban J connectivity index is 3.23. The first-order chi connectivity index (χ1) is 5.31. The third kappa shape index (κ3) is 7.38. The predicted molar refractivity (Wildman–Crippen MR) is 45.4 cm³/mol. The summed E-state index contributed by atoms with van der Waals surface area (Å²) in [7, 11) is 1.66. The molecule has 0 aliphatic heterocycles. The monoisotopic (exact) mass is 156 g/mol. The maximum Gasteiger partial charge on any atom is 0.108 e. The van der Waals surface area contributed by atoms with Crippen molar-refractivity contribution in [3.05, 3.63) is 0 Å². The lowest BCUT2D eigenvalue weighted by atomic mass is 10.4. The topological polar surface area (TPSA) is 18.5 Å². The van der Waals surface area contributed by atoms with Gasteiger partial charge in [-0.15, -0.1) is 5.92 Å². The van der Waals surface area contributed by atoms with Gasteiger partial charge in [-0.05, 0) is 6.92 Å². The van der Waals surface area contributed by atoms with E-state index in [9.17, 15) is 0 Å². The second-order valence-corrected chi connectivity index (χ2v) is 2.28. The minimum Gasteiger partial charge on any atom is -0.382 e. The summed E-state index contributed by atoms with van der Waals surface area (Å²) in [6, 6.07) is 0. The molecular weight excluding hydrogens is 140 g/mol. The quantitative estimate of drug-likeness (QED) is 0.573. The number of ether oxygens (including phenoxy) is 2. The highest BCUT2D eigenvalue weighted by molar-refractivity contribution is 4.97. The molecule has 0 aliphatic rings. The molecule has 0 aromatic rings. The minimum atomic E-state index is 0.145. The van der Waals surface area contributed by atoms with Gasteiger partial charge in [-0.1, -0.05) is 12.8 Å². The van der Waals surface area contributed by atoms with Crippen molar-refractivity contribution in [2.24, 2.45) is 0 Å². The normalized spacial score (nSPS) is 11.9. The first kappa shape index (κ1) is 10.5. The molecule has 2 heteroatoms. The average Bonchev–Trinajstić information content (AvgIpc) is 1.99. The Labute approximate surface area is 68.9 Å². The number of rotatable bonds is 4. The van der Waals surface area contributed by atoms with Crippen molar-refractivity contribution in [3.8, 4) is 11.8 Å². The predicted octanol–water partition coefficient (Wildman–Crippen LogP) is 1.45. The molecule has 0 heterocycles. The second kappa shape index (κ2) is 7.59. The van der Waals surface area contributed by atoms with E-state index in [1.165, 1.54) is 0 Å². The van der Waals surface area contributed by atoms with E-state index in [1.54, 1.807) is 7.11 Å². The summed E-state index contributed by atoms with van der Waals surface area (Å²) in [5.41, 5.74) is 0. The molecule has 0 fully saturated rings. The Morgan fingerprint density at radius 3 is 2.64 bits per heavy atom. The molecule has 0 saturated carbocycles. The summed E-state index contributed by atoms with van der Waals surface area (Å²) in [5, 5.41) is 0. The van der Waals surface area contributed by atoms with E-state index in [2.05, 4.69) is 11.8 Å². The van der Waals surface area contributed by atoms with Crippen molar-refractivity contribution in [1.29, 1.82) is 0 Å². The van der Waals surface area contributed by atoms with Gasteiger partial charge in [-0.2, -0.15) is 0 Å². The van der Waals surface area contributed by atoms with E-state index in [1.807, 2.05) is 13.8 Å². The smallest absolute Gasteiger partial charge is 0.108 e. The maximum absolute atomic E-state index is 5.29. The van der Waals surface area contributed by atoms with Gasteiger partial charge >= 0.3 is 0 Å². The van der Waals surface area contributed by atoms with Gasteiger partial charge in [0, 0.05) is 13.5 Å². The molecule has 0 aliphatic carbocycles. The highest BCUT2D eigenvalue weighted by atomic mass is 16.5. The van der Waals surface area contributed by atoms with Crippen LogP contribution in [-0.4, -0.2) is 26.4 Å². The summed E-state index contributed by atoms with van der Waals surface area (Å²) in [4.78, 5) is 0. The van der Waals surface area contributed by atoms with Crippen molar-refractivity contribution in [1.82, 2.24) is 0 Å². The molecule has 0 spiro atoms. The zero-order valence-corrected chi connectivity index (χ0v) is 7.52. The Bertz CT molecular complexity index is 132. The van der Waals surface area contributed by atoms with Crippen molar-refractivity contribution in [3.63, 3.8) is 0 Å². The zero-order valence-electron chi connectivity index (χ0n) is 7.52. The fraction of sp³-hybridized carbons (Fsp3) is 0.778. The molecule has 0 radical (unpaired) electrons. The van der Waals surface area contributed by atoms with Gasteiger partial charge in [-0.25, -0.2) is 0 Å². The molecule has 0 aromatic carbocycles. The van der Waals surface area contributed by atoms with Crippen molar-refractivity contribution >= 4 is 0 Å². The first-order valence-corrected chi connectivity index (χ1v) is 3.87. The van der Waals surface area contributed by atoms with Gasteiger partial charge in [0.25, 0.3) is 0 Å². The lowest BCUT2D eigenvalue weighted by Gasteiger charge is -2.08. The highest BCUT2D eigenvalue weighted by Gasteiger charge is 1.97. The molecule has 0 saturated heterocycles. The second-order valence-electron chi connectivity index (χ2n) is 2.28. The summed E-state index contributed by atoms with van der Waals surface area (Å²) >= 11 is 0. The average molecular weight is 156 g/mol. The van der Waals surface area contributed by atoms with Crippen LogP contribution in [0.25, 0.3) is 0 Å². The van der Waals surface area contributed by atoms with E-state index < -0.39 is 0 Å². The SMILES string of the molecule is CCC#CCOC(C)COC. The fourth-order valence-corrected chi connectivity index (χ4v) is 0.643. The highest BCUT2D eigenvalue weighted by Crippen LogP contribution is 1.89. The third-order valence-corrected chi connectivity index (χ3v) is 1.14. The van der Waals surface area contributed by atoms with E-state index in [4.69, 9.17) is 9.47 Å². The number of methoxy groups -OCH3 is 1. The molecule has 0 N–H and O–H groups in total. The molecular formula is C9H16O2. The van der Waals surface area contributed by atoms with Crippen LogP contribution in [0.15, 0.2) is 0 Å². The van der Waals surface area contributed by atoms with Crippen molar-refractivity contribution in [2.45, 2.75) is 26.4 Å². The van der Waals surface area contributed by atoms with E-state index in [0.29, 0.717) is 13.2 Å². The molecule has 11 heavy (non-hydrogen) atoms. The summed E-state index contributed by atoms with van der Waals surface area (Å²) in [5.74, 6) is 5.83. The van der Waals surface area contributed by atoms with Gasteiger partial charge in [0.15, 0.2) is 0 Å². The Morgan fingerprint density at radius 1 is 1.36 bits per heavy atom. The van der Waals surface area contributed by atoms with Crippen molar-refractivity contribution in [2.75, 3.05) is 20.3 Å². The molecule has 64 valence electrons. The van der Waals surface area contributed by atoms with E-state index in [-0.39, 0.29) is 6.10 Å². The third-order valence-electron chi connectivity index (χ3n) is 1.14. The molecule has 2 nitrogen and oxygen atoms in total. The van der Waals surface area contributed by atoms with Crippen LogP contribution >= 0.6 is 0 Å². The van der Waals surface area contributed by atoms with Crippen LogP contribution in [0.5, 0.6) is 0 Å². The zero-order chi connectivity index (χ0) is 8.53. The molecule has 0 aromatic heterocycles. The molecule has 0 amide bonds. The molecule has 1 atom stereocenters. The lowest BCUT2D eigenvalue weighted by Crippen LogP contribution is -2.14. The molecule has 0 rings (SSSR count). The van der Waals surface area contributed by atoms with Crippen LogP contribution in [0.2, 0.25) is 0 Å². The van der Waals surface area contributed by atoms with Gasteiger partial charge < -0.3 is 9.47 Å². The van der Waals surface area contributed by atoms with E-state index in [0.717, 1.165) is 6.42 Å². The first-order valence-electron chi connectivity index (χ1n) is 3.87. The fourth-order valence-electron chi connectivity index (χ4n) is 0.643. The number of hydrogen-bond donors (Lipinski definition) is 0.